The first-order valence-electron chi connectivity index (χ1n) is 8.20. The van der Waals surface area contributed by atoms with Crippen LogP contribution < -0.4 is 4.74 Å². The van der Waals surface area contributed by atoms with Crippen molar-refractivity contribution in [3.63, 3.8) is 0 Å². The Hall–Kier alpha value is -1.35. The average molecular weight is 288 g/mol. The minimum absolute atomic E-state index is 0.168. The average Bonchev–Trinajstić information content (AvgIpc) is 2.84. The lowest BCUT2D eigenvalue weighted by molar-refractivity contribution is -0.0292. The molecule has 114 valence electrons. The van der Waals surface area contributed by atoms with Crippen LogP contribution in [0, 0.1) is 0 Å². The molecule has 0 atom stereocenters. The van der Waals surface area contributed by atoms with Crippen molar-refractivity contribution in [3.05, 3.63) is 29.3 Å². The Morgan fingerprint density at radius 2 is 2.00 bits per heavy atom. The molecular formula is C18H24O3. The van der Waals surface area contributed by atoms with Gasteiger partial charge in [-0.2, -0.15) is 0 Å². The Balaban J connectivity index is 1.89. The van der Waals surface area contributed by atoms with Gasteiger partial charge in [-0.05, 0) is 43.5 Å². The predicted octanol–water partition coefficient (Wildman–Crippen LogP) is 3.93. The van der Waals surface area contributed by atoms with E-state index in [1.807, 2.05) is 25.1 Å². The third-order valence-electron chi connectivity index (χ3n) is 4.70. The zero-order valence-corrected chi connectivity index (χ0v) is 12.8. The minimum atomic E-state index is -0.598. The van der Waals surface area contributed by atoms with E-state index in [0.29, 0.717) is 6.61 Å². The van der Waals surface area contributed by atoms with Gasteiger partial charge in [-0.15, -0.1) is 0 Å². The summed E-state index contributed by atoms with van der Waals surface area (Å²) in [5.74, 6) is 1.10. The second-order valence-electron chi connectivity index (χ2n) is 6.09. The topological polar surface area (TPSA) is 35.5 Å². The monoisotopic (exact) mass is 288 g/mol. The van der Waals surface area contributed by atoms with Gasteiger partial charge < -0.3 is 9.47 Å². The van der Waals surface area contributed by atoms with Crippen molar-refractivity contribution in [2.24, 2.45) is 0 Å². The Morgan fingerprint density at radius 1 is 1.24 bits per heavy atom. The van der Waals surface area contributed by atoms with Gasteiger partial charge in [0.25, 0.3) is 0 Å². The van der Waals surface area contributed by atoms with Gasteiger partial charge in [0.2, 0.25) is 0 Å². The van der Waals surface area contributed by atoms with E-state index in [-0.39, 0.29) is 5.78 Å². The van der Waals surface area contributed by atoms with Crippen molar-refractivity contribution in [2.75, 3.05) is 13.2 Å². The van der Waals surface area contributed by atoms with Gasteiger partial charge in [-0.3, -0.25) is 4.79 Å². The lowest BCUT2D eigenvalue weighted by Gasteiger charge is -2.31. The van der Waals surface area contributed by atoms with Crippen LogP contribution >= 0.6 is 0 Å². The number of benzene rings is 1. The standard InChI is InChI=1S/C18H24O3/c1-2-21-18(10-5-3-4-6-11-18)17(19)15-7-8-16-14(13-15)9-12-20-16/h7-8,13H,2-6,9-12H2,1H3. The molecule has 3 heteroatoms. The maximum absolute atomic E-state index is 13.1. The molecule has 0 bridgehead atoms. The summed E-state index contributed by atoms with van der Waals surface area (Å²) in [7, 11) is 0. The number of hydrogen-bond acceptors (Lipinski definition) is 3. The molecule has 21 heavy (non-hydrogen) atoms. The molecule has 1 aromatic rings. The Labute approximate surface area is 126 Å². The van der Waals surface area contributed by atoms with Crippen molar-refractivity contribution < 1.29 is 14.3 Å². The van der Waals surface area contributed by atoms with Crippen LogP contribution in [-0.4, -0.2) is 24.6 Å². The fraction of sp³-hybridized carbons (Fsp3) is 0.611. The molecule has 3 nitrogen and oxygen atoms in total. The Kier molecular flexibility index (Phi) is 4.29. The number of ketones is 1. The number of carbonyl (C=O) groups is 1. The Morgan fingerprint density at radius 3 is 2.71 bits per heavy atom. The molecule has 0 aromatic heterocycles. The van der Waals surface area contributed by atoms with Gasteiger partial charge in [0, 0.05) is 18.6 Å². The van der Waals surface area contributed by atoms with E-state index in [4.69, 9.17) is 9.47 Å². The van der Waals surface area contributed by atoms with Crippen LogP contribution in [0.2, 0.25) is 0 Å². The molecule has 1 saturated carbocycles. The van der Waals surface area contributed by atoms with Gasteiger partial charge in [0.1, 0.15) is 11.4 Å². The first-order valence-corrected chi connectivity index (χ1v) is 8.20. The maximum Gasteiger partial charge on any atom is 0.194 e. The maximum atomic E-state index is 13.1. The fourth-order valence-electron chi connectivity index (χ4n) is 3.60. The molecule has 1 heterocycles. The first kappa shape index (κ1) is 14.6. The van der Waals surface area contributed by atoms with Crippen LogP contribution in [-0.2, 0) is 11.2 Å². The van der Waals surface area contributed by atoms with Crippen molar-refractivity contribution >= 4 is 5.78 Å². The van der Waals surface area contributed by atoms with Crippen LogP contribution in [0.4, 0.5) is 0 Å². The number of ether oxygens (including phenoxy) is 2. The van der Waals surface area contributed by atoms with E-state index >= 15 is 0 Å². The van der Waals surface area contributed by atoms with E-state index in [9.17, 15) is 4.79 Å². The molecule has 0 spiro atoms. The van der Waals surface area contributed by atoms with E-state index < -0.39 is 5.60 Å². The van der Waals surface area contributed by atoms with Gasteiger partial charge >= 0.3 is 0 Å². The lowest BCUT2D eigenvalue weighted by Crippen LogP contribution is -2.41. The molecule has 1 aromatic carbocycles. The van der Waals surface area contributed by atoms with Crippen molar-refractivity contribution in [1.29, 1.82) is 0 Å². The van der Waals surface area contributed by atoms with Crippen molar-refractivity contribution in [1.82, 2.24) is 0 Å². The van der Waals surface area contributed by atoms with Gasteiger partial charge in [-0.25, -0.2) is 0 Å². The molecule has 0 N–H and O–H groups in total. The number of carbonyl (C=O) groups excluding carboxylic acids is 1. The summed E-state index contributed by atoms with van der Waals surface area (Å²) in [6.45, 7) is 3.31. The van der Waals surface area contributed by atoms with E-state index in [2.05, 4.69) is 0 Å². The third-order valence-corrected chi connectivity index (χ3v) is 4.70. The van der Waals surface area contributed by atoms with Crippen LogP contribution in [0.25, 0.3) is 0 Å². The number of hydrogen-bond donors (Lipinski definition) is 0. The highest BCUT2D eigenvalue weighted by Crippen LogP contribution is 2.35. The lowest BCUT2D eigenvalue weighted by atomic mass is 9.85. The SMILES string of the molecule is CCOC1(C(=O)c2ccc3c(c2)CCO3)CCCCCC1. The molecule has 0 unspecified atom stereocenters. The second kappa shape index (κ2) is 6.18. The number of rotatable bonds is 4. The van der Waals surface area contributed by atoms with Crippen molar-refractivity contribution in [3.8, 4) is 5.75 Å². The second-order valence-corrected chi connectivity index (χ2v) is 6.09. The molecule has 1 aliphatic heterocycles. The zero-order valence-electron chi connectivity index (χ0n) is 12.8. The summed E-state index contributed by atoms with van der Waals surface area (Å²) in [6, 6.07) is 5.85. The van der Waals surface area contributed by atoms with Crippen molar-refractivity contribution in [2.45, 2.75) is 57.5 Å². The van der Waals surface area contributed by atoms with Crippen LogP contribution in [0.5, 0.6) is 5.75 Å². The Bertz CT molecular complexity index is 513. The van der Waals surface area contributed by atoms with Crippen LogP contribution in [0.1, 0.15) is 61.4 Å². The van der Waals surface area contributed by atoms with E-state index in [1.54, 1.807) is 0 Å². The normalized spacial score (nSPS) is 20.4. The van der Waals surface area contributed by atoms with E-state index in [0.717, 1.165) is 55.6 Å². The molecule has 0 radical (unpaired) electrons. The third kappa shape index (κ3) is 2.84. The summed E-state index contributed by atoms with van der Waals surface area (Å²) in [6.07, 6.45) is 7.19. The zero-order chi connectivity index (χ0) is 14.7. The fourth-order valence-corrected chi connectivity index (χ4v) is 3.60. The summed E-state index contributed by atoms with van der Waals surface area (Å²) in [5, 5.41) is 0. The van der Waals surface area contributed by atoms with Crippen LogP contribution in [0.15, 0.2) is 18.2 Å². The smallest absolute Gasteiger partial charge is 0.194 e. The summed E-state index contributed by atoms with van der Waals surface area (Å²) >= 11 is 0. The summed E-state index contributed by atoms with van der Waals surface area (Å²) < 4.78 is 11.5. The van der Waals surface area contributed by atoms with Crippen LogP contribution in [0.3, 0.4) is 0 Å². The largest absolute Gasteiger partial charge is 0.493 e. The minimum Gasteiger partial charge on any atom is -0.493 e. The molecule has 1 aliphatic carbocycles. The highest BCUT2D eigenvalue weighted by Gasteiger charge is 2.40. The highest BCUT2D eigenvalue weighted by molar-refractivity contribution is 6.02. The van der Waals surface area contributed by atoms with Gasteiger partial charge in [0.05, 0.1) is 6.61 Å². The molecule has 1 fully saturated rings. The van der Waals surface area contributed by atoms with E-state index in [1.165, 1.54) is 12.8 Å². The summed E-state index contributed by atoms with van der Waals surface area (Å²) in [5.41, 5.74) is 1.34. The molecule has 0 amide bonds. The predicted molar refractivity (Wildman–Crippen MR) is 82.0 cm³/mol. The van der Waals surface area contributed by atoms with Gasteiger partial charge in [-0.1, -0.05) is 25.7 Å². The highest BCUT2D eigenvalue weighted by atomic mass is 16.5. The molecular weight excluding hydrogens is 264 g/mol. The van der Waals surface area contributed by atoms with Gasteiger partial charge in [0.15, 0.2) is 5.78 Å². The number of fused-ring (bicyclic) bond motifs is 1. The number of Topliss-reactive ketones (excluding diaryl/α,β-unsaturated/α-hetero) is 1. The first-order chi connectivity index (χ1) is 10.2. The molecule has 0 saturated heterocycles. The summed E-state index contributed by atoms with van der Waals surface area (Å²) in [4.78, 5) is 13.1. The molecule has 2 aliphatic rings. The molecule has 3 rings (SSSR count). The quantitative estimate of drug-likeness (QED) is 0.622.